The molecular weight excluding hydrogens is 540 g/mol. The molecule has 41 heavy (non-hydrogen) atoms. The topological polar surface area (TPSA) is 125 Å². The molecule has 1 aliphatic heterocycles. The molecule has 0 spiro atoms. The minimum Gasteiger partial charge on any atom is -0.465 e. The minimum atomic E-state index is -4.03. The van der Waals surface area contributed by atoms with Crippen LogP contribution in [0.15, 0.2) is 57.6 Å². The Bertz CT molecular complexity index is 1520. The first kappa shape index (κ1) is 30.8. The van der Waals surface area contributed by atoms with Gasteiger partial charge in [0.2, 0.25) is 10.0 Å². The third kappa shape index (κ3) is 6.68. The number of allylic oxidation sites excluding steroid dienone is 2. The summed E-state index contributed by atoms with van der Waals surface area (Å²) in [6.45, 7) is 13.8. The van der Waals surface area contributed by atoms with Crippen LogP contribution in [-0.2, 0) is 29.1 Å². The maximum absolute atomic E-state index is 14.1. The summed E-state index contributed by atoms with van der Waals surface area (Å²) in [5, 5.41) is 5.46. The van der Waals surface area contributed by atoms with Crippen molar-refractivity contribution in [2.45, 2.75) is 83.6 Å². The zero-order valence-corrected chi connectivity index (χ0v) is 25.7. The van der Waals surface area contributed by atoms with E-state index in [9.17, 15) is 18.0 Å². The molecule has 0 fully saturated rings. The summed E-state index contributed by atoms with van der Waals surface area (Å²) in [5.41, 5.74) is 6.00. The Morgan fingerprint density at radius 3 is 2.32 bits per heavy atom. The quantitative estimate of drug-likeness (QED) is 0.449. The zero-order valence-electron chi connectivity index (χ0n) is 24.9. The number of sulfonamides is 1. The largest absolute Gasteiger partial charge is 0.465 e. The molecule has 1 aliphatic carbocycles. The summed E-state index contributed by atoms with van der Waals surface area (Å²) >= 11 is 0. The van der Waals surface area contributed by atoms with Crippen LogP contribution in [0.5, 0.6) is 0 Å². The van der Waals surface area contributed by atoms with Crippen LogP contribution in [0.2, 0.25) is 0 Å². The molecule has 0 amide bonds. The van der Waals surface area contributed by atoms with E-state index < -0.39 is 33.4 Å². The maximum Gasteiger partial charge on any atom is 0.315 e. The number of hydrogen-bond donors (Lipinski definition) is 1. The number of primary sulfonamides is 1. The fourth-order valence-electron chi connectivity index (χ4n) is 6.17. The number of nitrogens with zero attached hydrogens (tertiary/aromatic N) is 1. The lowest BCUT2D eigenvalue weighted by atomic mass is 9.68. The number of aliphatic imine (C=N–C) groups is 1. The summed E-state index contributed by atoms with van der Waals surface area (Å²) in [4.78, 5) is 32.5. The molecule has 0 aromatic heterocycles. The standard InChI is InChI=1S/C32H40N2O6S/c1-8-39-31(36)30-25(17-40-32(5,6)7)34-24-15-22(27-19(3)12-18(2)13-20(27)4)16-26(35)29(24)28(30)21-10-9-11-23(14-21)41(33,37)38/h9-14,22,28,30H,8,15-17H2,1-7H3,(H2,33,37,38). The predicted molar refractivity (Wildman–Crippen MR) is 158 cm³/mol. The van der Waals surface area contributed by atoms with Crippen LogP contribution in [0, 0.1) is 26.7 Å². The van der Waals surface area contributed by atoms with E-state index in [0.717, 1.165) is 22.3 Å². The van der Waals surface area contributed by atoms with E-state index in [1.54, 1.807) is 19.1 Å². The summed E-state index contributed by atoms with van der Waals surface area (Å²) in [5.74, 6) is -2.49. The lowest BCUT2D eigenvalue weighted by Crippen LogP contribution is -2.42. The minimum absolute atomic E-state index is 0.0522. The van der Waals surface area contributed by atoms with Crippen molar-refractivity contribution in [3.05, 3.63) is 75.5 Å². The van der Waals surface area contributed by atoms with Crippen LogP contribution in [-0.4, -0.2) is 44.7 Å². The van der Waals surface area contributed by atoms with Crippen LogP contribution < -0.4 is 5.14 Å². The number of carbonyl (C=O) groups is 2. The highest BCUT2D eigenvalue weighted by molar-refractivity contribution is 7.89. The Balaban J connectivity index is 1.93. The van der Waals surface area contributed by atoms with Crippen molar-refractivity contribution in [1.29, 1.82) is 0 Å². The van der Waals surface area contributed by atoms with E-state index in [1.165, 1.54) is 12.1 Å². The Kier molecular flexibility index (Phi) is 8.73. The second-order valence-electron chi connectivity index (χ2n) is 12.0. The van der Waals surface area contributed by atoms with Gasteiger partial charge in [0.25, 0.3) is 0 Å². The normalized spacial score (nSPS) is 21.4. The number of carbonyl (C=O) groups excluding carboxylic acids is 2. The molecule has 3 unspecified atom stereocenters. The average Bonchev–Trinajstić information content (AvgIpc) is 2.85. The van der Waals surface area contributed by atoms with Gasteiger partial charge in [-0.3, -0.25) is 14.6 Å². The van der Waals surface area contributed by atoms with Crippen LogP contribution in [0.3, 0.4) is 0 Å². The highest BCUT2D eigenvalue weighted by atomic mass is 32.2. The molecular formula is C32H40N2O6S. The second-order valence-corrected chi connectivity index (χ2v) is 13.6. The molecule has 2 N–H and O–H groups in total. The lowest BCUT2D eigenvalue weighted by Gasteiger charge is -2.38. The molecule has 0 bridgehead atoms. The molecule has 2 aromatic carbocycles. The Hall–Kier alpha value is -3.14. The van der Waals surface area contributed by atoms with E-state index in [4.69, 9.17) is 19.6 Å². The maximum atomic E-state index is 14.1. The van der Waals surface area contributed by atoms with Gasteiger partial charge < -0.3 is 9.47 Å². The van der Waals surface area contributed by atoms with E-state index in [0.29, 0.717) is 29.0 Å². The van der Waals surface area contributed by atoms with Crippen molar-refractivity contribution >= 4 is 27.5 Å². The van der Waals surface area contributed by atoms with E-state index in [-0.39, 0.29) is 36.2 Å². The van der Waals surface area contributed by atoms with Crippen LogP contribution in [0.1, 0.15) is 80.2 Å². The van der Waals surface area contributed by atoms with E-state index >= 15 is 0 Å². The predicted octanol–water partition coefficient (Wildman–Crippen LogP) is 5.19. The van der Waals surface area contributed by atoms with Crippen molar-refractivity contribution < 1.29 is 27.5 Å². The van der Waals surface area contributed by atoms with Crippen LogP contribution in [0.25, 0.3) is 0 Å². The molecule has 8 nitrogen and oxygen atoms in total. The highest BCUT2D eigenvalue weighted by Crippen LogP contribution is 2.48. The third-order valence-corrected chi connectivity index (χ3v) is 8.56. The number of nitrogens with two attached hydrogens (primary N) is 1. The molecule has 220 valence electrons. The first-order valence-electron chi connectivity index (χ1n) is 14.0. The molecule has 9 heteroatoms. The van der Waals surface area contributed by atoms with Crippen LogP contribution >= 0.6 is 0 Å². The summed E-state index contributed by atoms with van der Waals surface area (Å²) < 4.78 is 36.1. The zero-order chi connectivity index (χ0) is 30.3. The molecule has 2 aliphatic rings. The number of aryl methyl sites for hydroxylation is 3. The van der Waals surface area contributed by atoms with Crippen molar-refractivity contribution in [2.75, 3.05) is 13.2 Å². The van der Waals surface area contributed by atoms with Gasteiger partial charge in [-0.2, -0.15) is 0 Å². The van der Waals surface area contributed by atoms with Crippen LogP contribution in [0.4, 0.5) is 0 Å². The molecule has 4 rings (SSSR count). The van der Waals surface area contributed by atoms with Gasteiger partial charge in [-0.1, -0.05) is 29.8 Å². The molecule has 0 saturated carbocycles. The number of Topliss-reactive ketones (excluding diaryl/α,β-unsaturated/α-hetero) is 1. The first-order chi connectivity index (χ1) is 19.1. The summed E-state index contributed by atoms with van der Waals surface area (Å²) in [6.07, 6.45) is 0.763. The molecule has 0 saturated heterocycles. The number of ether oxygens (including phenoxy) is 2. The lowest BCUT2D eigenvalue weighted by molar-refractivity contribution is -0.146. The van der Waals surface area contributed by atoms with Crippen molar-refractivity contribution in [2.24, 2.45) is 16.0 Å². The Labute approximate surface area is 243 Å². The fourth-order valence-corrected chi connectivity index (χ4v) is 6.74. The Morgan fingerprint density at radius 2 is 1.73 bits per heavy atom. The average molecular weight is 581 g/mol. The number of benzene rings is 2. The first-order valence-corrected chi connectivity index (χ1v) is 15.5. The van der Waals surface area contributed by atoms with Crippen molar-refractivity contribution in [3.8, 4) is 0 Å². The summed E-state index contributed by atoms with van der Waals surface area (Å²) in [7, 11) is -4.03. The van der Waals surface area contributed by atoms with Crippen molar-refractivity contribution in [3.63, 3.8) is 0 Å². The van der Waals surface area contributed by atoms with Gasteiger partial charge >= 0.3 is 5.97 Å². The van der Waals surface area contributed by atoms with Gasteiger partial charge in [0.05, 0.1) is 29.4 Å². The van der Waals surface area contributed by atoms with E-state index in [2.05, 4.69) is 32.9 Å². The van der Waals surface area contributed by atoms with Gasteiger partial charge in [-0.15, -0.1) is 0 Å². The highest BCUT2D eigenvalue weighted by Gasteiger charge is 2.46. The Morgan fingerprint density at radius 1 is 1.07 bits per heavy atom. The molecule has 1 heterocycles. The fraction of sp³-hybridized carbons (Fsp3) is 0.469. The number of esters is 1. The SMILES string of the molecule is CCOC(=O)C1C(COC(C)(C)C)=NC2=C(C(=O)CC(c3c(C)cc(C)cc3C)C2)C1c1cccc(S(N)(=O)=O)c1. The summed E-state index contributed by atoms with van der Waals surface area (Å²) in [6, 6.07) is 10.4. The van der Waals surface area contributed by atoms with Crippen molar-refractivity contribution in [1.82, 2.24) is 0 Å². The molecule has 2 aromatic rings. The smallest absolute Gasteiger partial charge is 0.315 e. The van der Waals surface area contributed by atoms with Gasteiger partial charge in [0.15, 0.2) is 5.78 Å². The second kappa shape index (κ2) is 11.6. The third-order valence-electron chi connectivity index (χ3n) is 7.65. The molecule has 0 radical (unpaired) electrons. The van der Waals surface area contributed by atoms with Gasteiger partial charge in [-0.05, 0) is 95.2 Å². The van der Waals surface area contributed by atoms with Gasteiger partial charge in [0, 0.05) is 23.6 Å². The van der Waals surface area contributed by atoms with Gasteiger partial charge in [0.1, 0.15) is 5.92 Å². The van der Waals surface area contributed by atoms with E-state index in [1.807, 2.05) is 20.8 Å². The monoisotopic (exact) mass is 580 g/mol. The number of hydrogen-bond acceptors (Lipinski definition) is 7. The van der Waals surface area contributed by atoms with Gasteiger partial charge in [-0.25, -0.2) is 13.6 Å². The number of ketones is 1. The number of rotatable bonds is 7. The molecule has 3 atom stereocenters.